The number of nitrogens with zero attached hydrogens (tertiary/aromatic N) is 4. The predicted molar refractivity (Wildman–Crippen MR) is 98.2 cm³/mol. The van der Waals surface area contributed by atoms with Crippen LogP contribution in [-0.4, -0.2) is 61.1 Å². The molecule has 0 saturated carbocycles. The fourth-order valence-corrected chi connectivity index (χ4v) is 2.30. The van der Waals surface area contributed by atoms with E-state index < -0.39 is 0 Å². The Bertz CT molecular complexity index is 596. The molecule has 0 radical (unpaired) electrons. The zero-order chi connectivity index (χ0) is 18.1. The summed E-state index contributed by atoms with van der Waals surface area (Å²) in [4.78, 5) is 24.2. The van der Waals surface area contributed by atoms with Crippen molar-refractivity contribution < 1.29 is 9.18 Å². The van der Waals surface area contributed by atoms with Crippen LogP contribution >= 0.6 is 11.6 Å². The molecule has 132 valence electrons. The van der Waals surface area contributed by atoms with E-state index in [1.54, 1.807) is 38.8 Å². The lowest BCUT2D eigenvalue weighted by atomic mass is 10.2. The Morgan fingerprint density at radius 2 is 1.71 bits per heavy atom. The number of hydrogen-bond acceptors (Lipinski definition) is 2. The first kappa shape index (κ1) is 20.1. The molecule has 1 fully saturated rings. The fourth-order valence-electron chi connectivity index (χ4n) is 2.19. The van der Waals surface area contributed by atoms with Gasteiger partial charge in [0.1, 0.15) is 18.0 Å². The third-order valence-electron chi connectivity index (χ3n) is 3.57. The third kappa shape index (κ3) is 5.92. The smallest absolute Gasteiger partial charge is 0.249 e. The molecule has 1 aliphatic heterocycles. The van der Waals surface area contributed by atoms with Crippen molar-refractivity contribution in [2.75, 3.05) is 33.2 Å². The molecule has 0 unspecified atom stereocenters. The number of allylic oxidation sites excluding steroid dienone is 3. The minimum absolute atomic E-state index is 0.146. The highest BCUT2D eigenvalue weighted by atomic mass is 35.5. The third-order valence-corrected chi connectivity index (χ3v) is 3.69. The summed E-state index contributed by atoms with van der Waals surface area (Å²) >= 11 is 5.64. The second kappa shape index (κ2) is 10.0. The minimum atomic E-state index is -0.361. The van der Waals surface area contributed by atoms with Gasteiger partial charge in [-0.2, -0.15) is 0 Å². The summed E-state index contributed by atoms with van der Waals surface area (Å²) in [5, 5.41) is 0. The average molecular weight is 355 g/mol. The second-order valence-corrected chi connectivity index (χ2v) is 5.86. The van der Waals surface area contributed by atoms with Crippen molar-refractivity contribution >= 4 is 29.7 Å². The molecule has 0 aromatic carbocycles. The minimum Gasteiger partial charge on any atom is -0.353 e. The summed E-state index contributed by atoms with van der Waals surface area (Å²) in [5.74, 6) is 0.193. The van der Waals surface area contributed by atoms with Crippen molar-refractivity contribution in [2.24, 2.45) is 9.98 Å². The number of carbonyl (C=O) groups is 1. The topological polar surface area (TPSA) is 48.3 Å². The van der Waals surface area contributed by atoms with Gasteiger partial charge in [0.2, 0.25) is 5.91 Å². The lowest BCUT2D eigenvalue weighted by Gasteiger charge is -2.35. The molecule has 5 nitrogen and oxygen atoms in total. The maximum atomic E-state index is 13.7. The van der Waals surface area contributed by atoms with Crippen LogP contribution in [0.4, 0.5) is 4.39 Å². The molecule has 0 aromatic rings. The van der Waals surface area contributed by atoms with Crippen LogP contribution in [0.5, 0.6) is 0 Å². The Morgan fingerprint density at radius 1 is 1.12 bits per heavy atom. The van der Waals surface area contributed by atoms with Gasteiger partial charge in [-0.3, -0.25) is 9.79 Å². The molecule has 1 amide bonds. The molecular formula is C17H24ClFN4O. The first-order chi connectivity index (χ1) is 11.4. The van der Waals surface area contributed by atoms with Gasteiger partial charge >= 0.3 is 0 Å². The number of hydrogen-bond donors (Lipinski definition) is 0. The molecule has 24 heavy (non-hydrogen) atoms. The Balaban J connectivity index is 2.74. The van der Waals surface area contributed by atoms with Gasteiger partial charge in [0.15, 0.2) is 0 Å². The SMILES string of the molecule is CN=CN=C(/C=C/Cl)N1CCN(C(=O)/C(C)=C/C(F)=C(C)C)CC1. The summed E-state index contributed by atoms with van der Waals surface area (Å²) in [7, 11) is 1.64. The number of halogens is 2. The van der Waals surface area contributed by atoms with Gasteiger partial charge in [0.05, 0.1) is 0 Å². The van der Waals surface area contributed by atoms with Crippen LogP contribution in [0.2, 0.25) is 0 Å². The lowest BCUT2D eigenvalue weighted by Crippen LogP contribution is -2.50. The molecule has 1 aliphatic rings. The fraction of sp³-hybridized carbons (Fsp3) is 0.471. The van der Waals surface area contributed by atoms with E-state index in [4.69, 9.17) is 11.6 Å². The summed E-state index contributed by atoms with van der Waals surface area (Å²) in [6.45, 7) is 7.32. The Hall–Kier alpha value is -1.95. The summed E-state index contributed by atoms with van der Waals surface area (Å²) in [6, 6.07) is 0. The molecular weight excluding hydrogens is 331 g/mol. The van der Waals surface area contributed by atoms with Crippen molar-refractivity contribution in [1.82, 2.24) is 9.80 Å². The number of piperazine rings is 1. The Morgan fingerprint density at radius 3 is 2.21 bits per heavy atom. The van der Waals surface area contributed by atoms with E-state index >= 15 is 0 Å². The molecule has 0 atom stereocenters. The van der Waals surface area contributed by atoms with E-state index in [2.05, 4.69) is 9.98 Å². The molecule has 1 rings (SSSR count). The zero-order valence-corrected chi connectivity index (χ0v) is 15.3. The molecule has 0 spiro atoms. The van der Waals surface area contributed by atoms with Crippen LogP contribution in [0.1, 0.15) is 20.8 Å². The molecule has 0 aromatic heterocycles. The van der Waals surface area contributed by atoms with Gasteiger partial charge in [-0.25, -0.2) is 9.38 Å². The van der Waals surface area contributed by atoms with E-state index in [1.807, 2.05) is 4.90 Å². The highest BCUT2D eigenvalue weighted by Crippen LogP contribution is 2.13. The number of amides is 1. The van der Waals surface area contributed by atoms with Crippen LogP contribution in [-0.2, 0) is 4.79 Å². The maximum absolute atomic E-state index is 13.7. The first-order valence-corrected chi connectivity index (χ1v) is 8.15. The number of carbonyl (C=O) groups excluding carboxylic acids is 1. The van der Waals surface area contributed by atoms with Crippen molar-refractivity contribution in [3.8, 4) is 0 Å². The van der Waals surface area contributed by atoms with E-state index in [-0.39, 0.29) is 11.7 Å². The van der Waals surface area contributed by atoms with Crippen molar-refractivity contribution in [2.45, 2.75) is 20.8 Å². The van der Waals surface area contributed by atoms with Crippen LogP contribution in [0.25, 0.3) is 0 Å². The van der Waals surface area contributed by atoms with Gasteiger partial charge in [-0.1, -0.05) is 11.6 Å². The summed E-state index contributed by atoms with van der Waals surface area (Å²) < 4.78 is 13.7. The Labute approximate surface area is 147 Å². The summed E-state index contributed by atoms with van der Waals surface area (Å²) in [5.41, 5.74) is 2.35. The normalized spacial score (nSPS) is 17.1. The quantitative estimate of drug-likeness (QED) is 0.337. The Kier molecular flexibility index (Phi) is 8.40. The molecule has 0 N–H and O–H groups in total. The van der Waals surface area contributed by atoms with Crippen LogP contribution in [0.15, 0.2) is 44.6 Å². The van der Waals surface area contributed by atoms with Crippen molar-refractivity contribution in [1.29, 1.82) is 0 Å². The second-order valence-electron chi connectivity index (χ2n) is 5.61. The van der Waals surface area contributed by atoms with E-state index in [9.17, 15) is 9.18 Å². The molecule has 0 bridgehead atoms. The van der Waals surface area contributed by atoms with Crippen LogP contribution in [0, 0.1) is 0 Å². The molecule has 7 heteroatoms. The number of aliphatic imine (C=N–C) groups is 2. The largest absolute Gasteiger partial charge is 0.353 e. The standard InChI is InChI=1S/C17H24ClFN4O/c1-13(2)15(19)11-14(3)17(24)23-9-7-22(8-10-23)16(5-6-18)21-12-20-4/h5-6,11-12H,7-10H2,1-4H3/b6-5+,14-11+,20-12?,21-16?. The first-order valence-electron chi connectivity index (χ1n) is 7.71. The molecule has 0 aliphatic carbocycles. The van der Waals surface area contributed by atoms with E-state index in [0.29, 0.717) is 43.2 Å². The van der Waals surface area contributed by atoms with Gasteiger partial charge in [-0.15, -0.1) is 0 Å². The van der Waals surface area contributed by atoms with Gasteiger partial charge in [0, 0.05) is 44.3 Å². The van der Waals surface area contributed by atoms with Crippen LogP contribution < -0.4 is 0 Å². The maximum Gasteiger partial charge on any atom is 0.249 e. The molecule has 1 saturated heterocycles. The van der Waals surface area contributed by atoms with Crippen LogP contribution in [0.3, 0.4) is 0 Å². The van der Waals surface area contributed by atoms with Crippen molar-refractivity contribution in [3.63, 3.8) is 0 Å². The van der Waals surface area contributed by atoms with Gasteiger partial charge in [0.25, 0.3) is 0 Å². The highest BCUT2D eigenvalue weighted by molar-refractivity contribution is 6.27. The predicted octanol–water partition coefficient (Wildman–Crippen LogP) is 3.15. The number of amidine groups is 1. The monoisotopic (exact) mass is 354 g/mol. The van der Waals surface area contributed by atoms with E-state index in [0.717, 1.165) is 0 Å². The van der Waals surface area contributed by atoms with Gasteiger partial charge in [-0.05, 0) is 38.5 Å². The lowest BCUT2D eigenvalue weighted by molar-refractivity contribution is -0.128. The highest BCUT2D eigenvalue weighted by Gasteiger charge is 2.23. The average Bonchev–Trinajstić information content (AvgIpc) is 2.57. The van der Waals surface area contributed by atoms with Crippen molar-refractivity contribution in [3.05, 3.63) is 34.7 Å². The number of rotatable bonds is 4. The molecule has 1 heterocycles. The zero-order valence-electron chi connectivity index (χ0n) is 14.6. The van der Waals surface area contributed by atoms with Gasteiger partial charge < -0.3 is 9.80 Å². The van der Waals surface area contributed by atoms with E-state index in [1.165, 1.54) is 17.9 Å². The summed E-state index contributed by atoms with van der Waals surface area (Å²) in [6.07, 6.45) is 4.44.